The van der Waals surface area contributed by atoms with E-state index in [4.69, 9.17) is 0 Å². The Morgan fingerprint density at radius 1 is 1.22 bits per heavy atom. The molecular formula is C16H22N4O3. The summed E-state index contributed by atoms with van der Waals surface area (Å²) in [5, 5.41) is 8.50. The van der Waals surface area contributed by atoms with Gasteiger partial charge in [0.25, 0.3) is 0 Å². The number of nitrogens with one attached hydrogen (secondary N) is 3. The molecule has 0 aliphatic carbocycles. The normalized spacial score (nSPS) is 13.3. The molecule has 3 amide bonds. The number of benzene rings is 1. The van der Waals surface area contributed by atoms with Crippen LogP contribution >= 0.6 is 0 Å². The fourth-order valence-electron chi connectivity index (χ4n) is 2.39. The Hall–Kier alpha value is -2.41. The Labute approximate surface area is 135 Å². The highest BCUT2D eigenvalue weighted by Crippen LogP contribution is 2.29. The second-order valence-corrected chi connectivity index (χ2v) is 5.35. The van der Waals surface area contributed by atoms with Crippen LogP contribution in [0.25, 0.3) is 0 Å². The van der Waals surface area contributed by atoms with Crippen molar-refractivity contribution in [3.8, 4) is 0 Å². The maximum absolute atomic E-state index is 12.3. The lowest BCUT2D eigenvalue weighted by molar-refractivity contribution is -0.125. The molecule has 7 nitrogen and oxygen atoms in total. The van der Waals surface area contributed by atoms with Crippen LogP contribution in [-0.2, 0) is 14.4 Å². The van der Waals surface area contributed by atoms with Gasteiger partial charge >= 0.3 is 0 Å². The first-order valence-electron chi connectivity index (χ1n) is 7.72. The van der Waals surface area contributed by atoms with Crippen LogP contribution < -0.4 is 20.9 Å². The molecule has 0 saturated carbocycles. The van der Waals surface area contributed by atoms with Gasteiger partial charge in [0.1, 0.15) is 6.54 Å². The Bertz CT molecular complexity index is 588. The van der Waals surface area contributed by atoms with E-state index in [1.54, 1.807) is 18.2 Å². The molecule has 0 saturated heterocycles. The third-order valence-corrected chi connectivity index (χ3v) is 3.56. The Kier molecular flexibility index (Phi) is 6.10. The van der Waals surface area contributed by atoms with Gasteiger partial charge in [0.2, 0.25) is 17.7 Å². The Balaban J connectivity index is 1.86. The van der Waals surface area contributed by atoms with Gasteiger partial charge in [0, 0.05) is 19.4 Å². The molecule has 0 bridgehead atoms. The standard InChI is InChI=1S/C16H22N4O3/c1-17-9-4-10-18-14(21)7-8-16(23)20-11-15(22)19-12-5-2-3-6-13(12)20/h2-3,5-6,17H,4,7-11H2,1H3,(H,18,21)(H,19,22). The minimum absolute atomic E-state index is 0.0143. The van der Waals surface area contributed by atoms with Crippen molar-refractivity contribution in [2.75, 3.05) is 36.9 Å². The first-order chi connectivity index (χ1) is 11.1. The number of rotatable bonds is 7. The maximum Gasteiger partial charge on any atom is 0.244 e. The second-order valence-electron chi connectivity index (χ2n) is 5.35. The summed E-state index contributed by atoms with van der Waals surface area (Å²) in [6.45, 7) is 1.40. The first kappa shape index (κ1) is 17.0. The minimum atomic E-state index is -0.228. The molecule has 1 aliphatic heterocycles. The molecule has 0 aromatic heterocycles. The third kappa shape index (κ3) is 4.79. The summed E-state index contributed by atoms with van der Waals surface area (Å²) in [7, 11) is 1.85. The van der Waals surface area contributed by atoms with E-state index < -0.39 is 0 Å². The van der Waals surface area contributed by atoms with Gasteiger partial charge in [-0.15, -0.1) is 0 Å². The van der Waals surface area contributed by atoms with Gasteiger partial charge in [-0.1, -0.05) is 12.1 Å². The summed E-state index contributed by atoms with van der Waals surface area (Å²) in [6.07, 6.45) is 1.05. The maximum atomic E-state index is 12.3. The fraction of sp³-hybridized carbons (Fsp3) is 0.438. The molecule has 3 N–H and O–H groups in total. The number of nitrogens with zero attached hydrogens (tertiary/aromatic N) is 1. The number of fused-ring (bicyclic) bond motifs is 1. The van der Waals surface area contributed by atoms with Crippen molar-refractivity contribution in [1.82, 2.24) is 10.6 Å². The van der Waals surface area contributed by atoms with Crippen LogP contribution in [0.5, 0.6) is 0 Å². The highest BCUT2D eigenvalue weighted by Gasteiger charge is 2.26. The largest absolute Gasteiger partial charge is 0.356 e. The fourth-order valence-corrected chi connectivity index (χ4v) is 2.39. The average molecular weight is 318 g/mol. The predicted molar refractivity (Wildman–Crippen MR) is 88.2 cm³/mol. The van der Waals surface area contributed by atoms with Crippen molar-refractivity contribution in [2.24, 2.45) is 0 Å². The van der Waals surface area contributed by atoms with E-state index in [0.29, 0.717) is 17.9 Å². The molecule has 1 aliphatic rings. The molecule has 7 heteroatoms. The van der Waals surface area contributed by atoms with Crippen LogP contribution in [0.1, 0.15) is 19.3 Å². The first-order valence-corrected chi connectivity index (χ1v) is 7.72. The predicted octanol–water partition coefficient (Wildman–Crippen LogP) is 0.478. The topological polar surface area (TPSA) is 90.5 Å². The van der Waals surface area contributed by atoms with Crippen molar-refractivity contribution in [2.45, 2.75) is 19.3 Å². The average Bonchev–Trinajstić information content (AvgIpc) is 2.55. The number of para-hydroxylation sites is 2. The van der Waals surface area contributed by atoms with Crippen molar-refractivity contribution >= 4 is 29.1 Å². The van der Waals surface area contributed by atoms with E-state index in [0.717, 1.165) is 13.0 Å². The molecule has 124 valence electrons. The van der Waals surface area contributed by atoms with Crippen LogP contribution in [0.4, 0.5) is 11.4 Å². The zero-order chi connectivity index (χ0) is 16.7. The third-order valence-electron chi connectivity index (χ3n) is 3.56. The van der Waals surface area contributed by atoms with E-state index in [-0.39, 0.29) is 37.1 Å². The SMILES string of the molecule is CNCCCNC(=O)CCC(=O)N1CC(=O)Nc2ccccc21. The zero-order valence-corrected chi connectivity index (χ0v) is 13.2. The van der Waals surface area contributed by atoms with Crippen LogP contribution in [0, 0.1) is 0 Å². The minimum Gasteiger partial charge on any atom is -0.356 e. The van der Waals surface area contributed by atoms with Crippen molar-refractivity contribution in [3.63, 3.8) is 0 Å². The molecule has 23 heavy (non-hydrogen) atoms. The smallest absolute Gasteiger partial charge is 0.244 e. The number of carbonyl (C=O) groups is 3. The summed E-state index contributed by atoms with van der Waals surface area (Å²) in [5.41, 5.74) is 1.29. The summed E-state index contributed by atoms with van der Waals surface area (Å²) >= 11 is 0. The molecular weight excluding hydrogens is 296 g/mol. The Morgan fingerprint density at radius 2 is 2.00 bits per heavy atom. The molecule has 0 unspecified atom stereocenters. The summed E-state index contributed by atoms with van der Waals surface area (Å²) in [6, 6.07) is 7.14. The van der Waals surface area contributed by atoms with Crippen LogP contribution in [0.3, 0.4) is 0 Å². The number of carbonyl (C=O) groups excluding carboxylic acids is 3. The number of hydrogen-bond donors (Lipinski definition) is 3. The molecule has 1 aromatic rings. The molecule has 0 atom stereocenters. The zero-order valence-electron chi connectivity index (χ0n) is 13.2. The highest BCUT2D eigenvalue weighted by molar-refractivity contribution is 6.10. The van der Waals surface area contributed by atoms with E-state index in [9.17, 15) is 14.4 Å². The van der Waals surface area contributed by atoms with Gasteiger partial charge < -0.3 is 20.9 Å². The second kappa shape index (κ2) is 8.28. The van der Waals surface area contributed by atoms with Crippen LogP contribution in [0.2, 0.25) is 0 Å². The number of amides is 3. The van der Waals surface area contributed by atoms with E-state index >= 15 is 0 Å². The molecule has 0 radical (unpaired) electrons. The summed E-state index contributed by atoms with van der Waals surface area (Å²) in [4.78, 5) is 37.2. The number of anilines is 2. The van der Waals surface area contributed by atoms with Crippen molar-refractivity contribution in [1.29, 1.82) is 0 Å². The lowest BCUT2D eigenvalue weighted by atomic mass is 10.1. The lowest BCUT2D eigenvalue weighted by Crippen LogP contribution is -2.42. The summed E-state index contributed by atoms with van der Waals surface area (Å²) in [5.74, 6) is -0.601. The van der Waals surface area contributed by atoms with Gasteiger partial charge in [0.15, 0.2) is 0 Å². The van der Waals surface area contributed by atoms with E-state index in [2.05, 4.69) is 16.0 Å². The van der Waals surface area contributed by atoms with Crippen LogP contribution in [0.15, 0.2) is 24.3 Å². The monoisotopic (exact) mass is 318 g/mol. The summed E-state index contributed by atoms with van der Waals surface area (Å²) < 4.78 is 0. The Morgan fingerprint density at radius 3 is 2.78 bits per heavy atom. The lowest BCUT2D eigenvalue weighted by Gasteiger charge is -2.29. The molecule has 2 rings (SSSR count). The quantitative estimate of drug-likeness (QED) is 0.638. The van der Waals surface area contributed by atoms with Gasteiger partial charge in [-0.25, -0.2) is 0 Å². The van der Waals surface area contributed by atoms with Crippen molar-refractivity contribution in [3.05, 3.63) is 24.3 Å². The van der Waals surface area contributed by atoms with Gasteiger partial charge in [-0.2, -0.15) is 0 Å². The molecule has 1 heterocycles. The highest BCUT2D eigenvalue weighted by atomic mass is 16.2. The van der Waals surface area contributed by atoms with Gasteiger partial charge in [0.05, 0.1) is 11.4 Å². The van der Waals surface area contributed by atoms with Crippen LogP contribution in [-0.4, -0.2) is 44.4 Å². The van der Waals surface area contributed by atoms with E-state index in [1.807, 2.05) is 13.1 Å². The van der Waals surface area contributed by atoms with Gasteiger partial charge in [-0.05, 0) is 32.1 Å². The molecule has 0 spiro atoms. The number of hydrogen-bond acceptors (Lipinski definition) is 4. The van der Waals surface area contributed by atoms with Crippen molar-refractivity contribution < 1.29 is 14.4 Å². The van der Waals surface area contributed by atoms with E-state index in [1.165, 1.54) is 4.90 Å². The molecule has 0 fully saturated rings. The van der Waals surface area contributed by atoms with Gasteiger partial charge in [-0.3, -0.25) is 14.4 Å². The molecule has 1 aromatic carbocycles.